The number of nitrogens with two attached hydrogens (primary N) is 1. The summed E-state index contributed by atoms with van der Waals surface area (Å²) in [5.41, 5.74) is 6.96. The summed E-state index contributed by atoms with van der Waals surface area (Å²) in [5.74, 6) is 0. The second-order valence-corrected chi connectivity index (χ2v) is 5.51. The van der Waals surface area contributed by atoms with Crippen molar-refractivity contribution in [1.82, 2.24) is 8.96 Å². The maximum Gasteiger partial charge on any atom is 0.340 e. The molecule has 6 nitrogen and oxygen atoms in total. The van der Waals surface area contributed by atoms with Crippen LogP contribution in [0.15, 0.2) is 16.9 Å². The highest BCUT2D eigenvalue weighted by Gasteiger charge is 2.15. The molecule has 0 saturated heterocycles. The van der Waals surface area contributed by atoms with Crippen molar-refractivity contribution in [3.8, 4) is 0 Å². The van der Waals surface area contributed by atoms with Gasteiger partial charge in [-0.05, 0) is 24.6 Å². The zero-order valence-corrected chi connectivity index (χ0v) is 9.63. The van der Waals surface area contributed by atoms with E-state index in [-0.39, 0.29) is 0 Å². The number of nitrogens with one attached hydrogen (secondary N) is 1. The maximum absolute atomic E-state index is 11.5. The zero-order valence-electron chi connectivity index (χ0n) is 8.81. The minimum absolute atomic E-state index is 0.319. The van der Waals surface area contributed by atoms with Crippen LogP contribution in [0.3, 0.4) is 0 Å². The lowest BCUT2D eigenvalue weighted by Gasteiger charge is -2.02. The van der Waals surface area contributed by atoms with E-state index in [0.717, 1.165) is 15.8 Å². The molecule has 0 bridgehead atoms. The largest absolute Gasteiger partial charge is 0.398 e. The molecule has 0 spiro atoms. The Bertz CT molecular complexity index is 724. The topological polar surface area (TPSA) is 97.9 Å². The molecule has 1 aromatic heterocycles. The number of anilines is 1. The van der Waals surface area contributed by atoms with E-state index in [1.165, 1.54) is 0 Å². The number of aromatic amines is 1. The quantitative estimate of drug-likeness (QED) is 0.688. The van der Waals surface area contributed by atoms with Gasteiger partial charge < -0.3 is 10.7 Å². The van der Waals surface area contributed by atoms with Crippen LogP contribution in [0, 0.1) is 6.92 Å². The highest BCUT2D eigenvalue weighted by atomic mass is 32.2. The lowest BCUT2D eigenvalue weighted by molar-refractivity contribution is 0.593. The Morgan fingerprint density at radius 2 is 2.00 bits per heavy atom. The van der Waals surface area contributed by atoms with Crippen LogP contribution in [0.25, 0.3) is 11.0 Å². The van der Waals surface area contributed by atoms with Crippen LogP contribution < -0.4 is 11.4 Å². The number of fused-ring (bicyclic) bond motifs is 1. The molecule has 0 aliphatic heterocycles. The molecule has 0 unspecified atom stereocenters. The number of nitrogens with zero attached hydrogens (tertiary/aromatic N) is 1. The van der Waals surface area contributed by atoms with E-state index in [1.807, 2.05) is 0 Å². The SMILES string of the molecule is Cc1cc2c(cc1N)[nH]c(=O)n2S(C)(=O)=O. The molecule has 3 N–H and O–H groups in total. The lowest BCUT2D eigenvalue weighted by atomic mass is 10.2. The van der Waals surface area contributed by atoms with Crippen molar-refractivity contribution in [2.45, 2.75) is 6.92 Å². The normalized spacial score (nSPS) is 12.1. The van der Waals surface area contributed by atoms with Crippen LogP contribution in [0.4, 0.5) is 5.69 Å². The summed E-state index contributed by atoms with van der Waals surface area (Å²) in [6.07, 6.45) is 0.980. The van der Waals surface area contributed by atoms with Crippen molar-refractivity contribution in [3.63, 3.8) is 0 Å². The van der Waals surface area contributed by atoms with Crippen molar-refractivity contribution < 1.29 is 8.42 Å². The first-order chi connectivity index (χ1) is 7.30. The van der Waals surface area contributed by atoms with Crippen molar-refractivity contribution in [2.24, 2.45) is 0 Å². The van der Waals surface area contributed by atoms with E-state index in [0.29, 0.717) is 16.7 Å². The average Bonchev–Trinajstić information content (AvgIpc) is 2.40. The molecule has 0 fully saturated rings. The minimum Gasteiger partial charge on any atom is -0.398 e. The summed E-state index contributed by atoms with van der Waals surface area (Å²) in [5, 5.41) is 0. The number of hydrogen-bond acceptors (Lipinski definition) is 4. The highest BCUT2D eigenvalue weighted by molar-refractivity contribution is 7.89. The van der Waals surface area contributed by atoms with E-state index in [2.05, 4.69) is 4.98 Å². The Morgan fingerprint density at radius 1 is 1.38 bits per heavy atom. The van der Waals surface area contributed by atoms with Gasteiger partial charge in [0.25, 0.3) is 0 Å². The number of imidazole rings is 1. The first kappa shape index (κ1) is 10.7. The predicted octanol–water partition coefficient (Wildman–Crippen LogP) is 0.0279. The van der Waals surface area contributed by atoms with Crippen molar-refractivity contribution >= 4 is 26.7 Å². The second kappa shape index (κ2) is 3.11. The molecule has 0 aliphatic rings. The molecular formula is C9H11N3O3S. The van der Waals surface area contributed by atoms with Gasteiger partial charge in [0, 0.05) is 5.69 Å². The Hall–Kier alpha value is -1.76. The fourth-order valence-electron chi connectivity index (χ4n) is 1.58. The summed E-state index contributed by atoms with van der Waals surface area (Å²) in [4.78, 5) is 13.9. The van der Waals surface area contributed by atoms with E-state index in [4.69, 9.17) is 5.73 Å². The van der Waals surface area contributed by atoms with Gasteiger partial charge in [0.05, 0.1) is 17.3 Å². The third-order valence-corrected chi connectivity index (χ3v) is 3.39. The van der Waals surface area contributed by atoms with Gasteiger partial charge in [0.2, 0.25) is 10.0 Å². The van der Waals surface area contributed by atoms with E-state index >= 15 is 0 Å². The van der Waals surface area contributed by atoms with Crippen molar-refractivity contribution in [3.05, 3.63) is 28.2 Å². The fourth-order valence-corrected chi connectivity index (χ4v) is 2.44. The Labute approximate surface area is 91.7 Å². The lowest BCUT2D eigenvalue weighted by Crippen LogP contribution is -2.23. The third-order valence-electron chi connectivity index (χ3n) is 2.36. The molecule has 0 amide bonds. The summed E-state index contributed by atoms with van der Waals surface area (Å²) < 4.78 is 23.6. The van der Waals surface area contributed by atoms with Gasteiger partial charge in [0.15, 0.2) is 0 Å². The number of aryl methyl sites for hydroxylation is 1. The maximum atomic E-state index is 11.5. The van der Waals surface area contributed by atoms with Crippen LogP contribution in [-0.4, -0.2) is 23.6 Å². The van der Waals surface area contributed by atoms with Crippen LogP contribution in [-0.2, 0) is 10.0 Å². The molecule has 2 aromatic rings. The number of hydrogen-bond donors (Lipinski definition) is 2. The molecule has 86 valence electrons. The molecule has 0 aliphatic carbocycles. The minimum atomic E-state index is -3.61. The highest BCUT2D eigenvalue weighted by Crippen LogP contribution is 2.19. The second-order valence-electron chi connectivity index (χ2n) is 3.68. The van der Waals surface area contributed by atoms with Crippen LogP contribution >= 0.6 is 0 Å². The predicted molar refractivity (Wildman–Crippen MR) is 61.9 cm³/mol. The molecule has 0 radical (unpaired) electrons. The summed E-state index contributed by atoms with van der Waals surface area (Å²) >= 11 is 0. The third kappa shape index (κ3) is 1.49. The standard InChI is InChI=1S/C9H11N3O3S/c1-5-3-8-7(4-6(5)10)11-9(13)12(8)16(2,14)15/h3-4H,10H2,1-2H3,(H,11,13). The van der Waals surface area contributed by atoms with E-state index < -0.39 is 15.7 Å². The monoisotopic (exact) mass is 241 g/mol. The van der Waals surface area contributed by atoms with Gasteiger partial charge in [-0.3, -0.25) is 0 Å². The molecule has 0 atom stereocenters. The number of H-pyrrole nitrogens is 1. The smallest absolute Gasteiger partial charge is 0.340 e. The van der Waals surface area contributed by atoms with E-state index in [9.17, 15) is 13.2 Å². The fraction of sp³-hybridized carbons (Fsp3) is 0.222. The zero-order chi connectivity index (χ0) is 12.1. The van der Waals surface area contributed by atoms with E-state index in [1.54, 1.807) is 19.1 Å². The van der Waals surface area contributed by atoms with Gasteiger partial charge in [-0.2, -0.15) is 3.97 Å². The molecule has 0 saturated carbocycles. The van der Waals surface area contributed by atoms with Gasteiger partial charge in [-0.15, -0.1) is 0 Å². The molecule has 7 heteroatoms. The van der Waals surface area contributed by atoms with Crippen LogP contribution in [0.5, 0.6) is 0 Å². The molecular weight excluding hydrogens is 230 g/mol. The Morgan fingerprint density at radius 3 is 2.56 bits per heavy atom. The van der Waals surface area contributed by atoms with Crippen LogP contribution in [0.1, 0.15) is 5.56 Å². The first-order valence-corrected chi connectivity index (χ1v) is 6.37. The number of nitrogen functional groups attached to an aromatic ring is 1. The number of benzene rings is 1. The molecule has 16 heavy (non-hydrogen) atoms. The van der Waals surface area contributed by atoms with Gasteiger partial charge in [-0.25, -0.2) is 13.2 Å². The van der Waals surface area contributed by atoms with Crippen LogP contribution in [0.2, 0.25) is 0 Å². The Kier molecular flexibility index (Phi) is 2.09. The number of rotatable bonds is 1. The Balaban J connectivity index is 3.02. The number of aromatic nitrogens is 2. The van der Waals surface area contributed by atoms with Gasteiger partial charge in [-0.1, -0.05) is 0 Å². The van der Waals surface area contributed by atoms with Crippen molar-refractivity contribution in [2.75, 3.05) is 12.0 Å². The molecule has 1 heterocycles. The van der Waals surface area contributed by atoms with Crippen molar-refractivity contribution in [1.29, 1.82) is 0 Å². The summed E-state index contributed by atoms with van der Waals surface area (Å²) in [7, 11) is -3.61. The first-order valence-electron chi connectivity index (χ1n) is 4.52. The van der Waals surface area contributed by atoms with Gasteiger partial charge >= 0.3 is 5.69 Å². The van der Waals surface area contributed by atoms with Gasteiger partial charge in [0.1, 0.15) is 0 Å². The average molecular weight is 241 g/mol. The molecule has 2 rings (SSSR count). The summed E-state index contributed by atoms with van der Waals surface area (Å²) in [6.45, 7) is 1.75. The molecule has 1 aromatic carbocycles. The summed E-state index contributed by atoms with van der Waals surface area (Å²) in [6, 6.07) is 3.12.